The molecule has 112 valence electrons. The van der Waals surface area contributed by atoms with E-state index in [1.165, 1.54) is 5.56 Å². The standard InChI is InChI=1S/C16H15N3O2S/c1-12-2-5-14(6-3-12)15-9-17-11-19(15)16-7-4-13(8-18-16)10-22(20)21/h2-9,11,22H,10H2,1H3. The first-order valence-corrected chi connectivity index (χ1v) is 8.16. The van der Waals surface area contributed by atoms with Crippen LogP contribution >= 0.6 is 0 Å². The monoisotopic (exact) mass is 313 g/mol. The van der Waals surface area contributed by atoms with E-state index in [2.05, 4.69) is 9.97 Å². The quantitative estimate of drug-likeness (QED) is 0.751. The highest BCUT2D eigenvalue weighted by Gasteiger charge is 2.08. The minimum atomic E-state index is -2.44. The van der Waals surface area contributed by atoms with Crippen LogP contribution < -0.4 is 0 Å². The van der Waals surface area contributed by atoms with Gasteiger partial charge in [-0.15, -0.1) is 0 Å². The summed E-state index contributed by atoms with van der Waals surface area (Å²) in [6, 6.07) is 11.8. The first-order valence-electron chi connectivity index (χ1n) is 6.80. The van der Waals surface area contributed by atoms with Crippen molar-refractivity contribution in [3.8, 4) is 17.1 Å². The van der Waals surface area contributed by atoms with Gasteiger partial charge < -0.3 is 0 Å². The maximum atomic E-state index is 10.7. The predicted octanol–water partition coefficient (Wildman–Crippen LogP) is 2.35. The van der Waals surface area contributed by atoms with Gasteiger partial charge >= 0.3 is 0 Å². The van der Waals surface area contributed by atoms with E-state index in [-0.39, 0.29) is 5.75 Å². The molecule has 2 heterocycles. The van der Waals surface area contributed by atoms with Crippen molar-refractivity contribution in [3.63, 3.8) is 0 Å². The third-order valence-electron chi connectivity index (χ3n) is 3.35. The first kappa shape index (κ1) is 14.5. The van der Waals surface area contributed by atoms with Crippen LogP contribution in [0, 0.1) is 6.92 Å². The van der Waals surface area contributed by atoms with Gasteiger partial charge in [0.1, 0.15) is 22.8 Å². The lowest BCUT2D eigenvalue weighted by Crippen LogP contribution is -1.99. The molecule has 5 nitrogen and oxygen atoms in total. The van der Waals surface area contributed by atoms with Crippen LogP contribution in [0.4, 0.5) is 0 Å². The topological polar surface area (TPSA) is 64.8 Å². The molecule has 0 atom stereocenters. The molecule has 0 N–H and O–H groups in total. The number of nitrogens with zero attached hydrogens (tertiary/aromatic N) is 3. The Hall–Kier alpha value is -2.47. The van der Waals surface area contributed by atoms with Gasteiger partial charge in [-0.3, -0.25) is 4.57 Å². The maximum Gasteiger partial charge on any atom is 0.144 e. The van der Waals surface area contributed by atoms with Gasteiger partial charge in [0.25, 0.3) is 0 Å². The summed E-state index contributed by atoms with van der Waals surface area (Å²) in [4.78, 5) is 8.53. The first-order chi connectivity index (χ1) is 10.6. The average Bonchev–Trinajstić information content (AvgIpc) is 2.97. The largest absolute Gasteiger partial charge is 0.283 e. The van der Waals surface area contributed by atoms with Gasteiger partial charge in [0.2, 0.25) is 0 Å². The summed E-state index contributed by atoms with van der Waals surface area (Å²) in [7, 11) is -2.44. The van der Waals surface area contributed by atoms with Gasteiger partial charge in [0, 0.05) is 11.8 Å². The van der Waals surface area contributed by atoms with Crippen LogP contribution in [0.15, 0.2) is 55.1 Å². The van der Waals surface area contributed by atoms with Gasteiger partial charge in [-0.05, 0) is 18.6 Å². The summed E-state index contributed by atoms with van der Waals surface area (Å²) in [5.41, 5.74) is 3.87. The Morgan fingerprint density at radius 3 is 2.45 bits per heavy atom. The summed E-state index contributed by atoms with van der Waals surface area (Å²) in [5, 5.41) is 0. The van der Waals surface area contributed by atoms with Crippen molar-refractivity contribution in [1.82, 2.24) is 14.5 Å². The summed E-state index contributed by atoms with van der Waals surface area (Å²) in [6.45, 7) is 2.04. The van der Waals surface area contributed by atoms with E-state index in [0.717, 1.165) is 11.3 Å². The molecule has 0 spiro atoms. The lowest BCUT2D eigenvalue weighted by atomic mass is 10.1. The molecule has 0 aliphatic rings. The normalized spacial score (nSPS) is 11.0. The summed E-state index contributed by atoms with van der Waals surface area (Å²) >= 11 is 0. The third-order valence-corrected chi connectivity index (χ3v) is 3.98. The molecule has 0 radical (unpaired) electrons. The van der Waals surface area contributed by atoms with E-state index >= 15 is 0 Å². The van der Waals surface area contributed by atoms with Crippen LogP contribution in [-0.4, -0.2) is 23.0 Å². The molecule has 0 fully saturated rings. The average molecular weight is 313 g/mol. The Kier molecular flexibility index (Phi) is 4.02. The number of benzene rings is 1. The Bertz CT molecular complexity index is 842. The van der Waals surface area contributed by atoms with Gasteiger partial charge in [-0.1, -0.05) is 35.9 Å². The SMILES string of the molecule is Cc1ccc(-c2cncn2-c2ccc(C[SH](=O)=O)cn2)cc1. The van der Waals surface area contributed by atoms with E-state index < -0.39 is 10.7 Å². The minimum absolute atomic E-state index is 0.0113. The van der Waals surface area contributed by atoms with E-state index in [1.807, 2.05) is 35.8 Å². The second-order valence-corrected chi connectivity index (χ2v) is 6.01. The molecule has 0 bridgehead atoms. The fourth-order valence-corrected chi connectivity index (χ4v) is 2.70. The van der Waals surface area contributed by atoms with Crippen molar-refractivity contribution >= 4 is 10.7 Å². The van der Waals surface area contributed by atoms with Crippen LogP contribution in [0.1, 0.15) is 11.1 Å². The molecule has 3 rings (SSSR count). The molecule has 22 heavy (non-hydrogen) atoms. The van der Waals surface area contributed by atoms with E-state index in [9.17, 15) is 8.42 Å². The zero-order valence-corrected chi connectivity index (χ0v) is 12.9. The number of pyridine rings is 1. The van der Waals surface area contributed by atoms with Gasteiger partial charge in [0.05, 0.1) is 17.6 Å². The van der Waals surface area contributed by atoms with Crippen LogP contribution in [-0.2, 0) is 16.5 Å². The molecular formula is C16H15N3O2S. The Morgan fingerprint density at radius 2 is 1.82 bits per heavy atom. The van der Waals surface area contributed by atoms with Crippen LogP contribution in [0.25, 0.3) is 17.1 Å². The number of aromatic nitrogens is 3. The summed E-state index contributed by atoms with van der Waals surface area (Å²) in [6.07, 6.45) is 5.07. The lowest BCUT2D eigenvalue weighted by Gasteiger charge is -2.08. The van der Waals surface area contributed by atoms with Crippen LogP contribution in [0.2, 0.25) is 0 Å². The zero-order chi connectivity index (χ0) is 15.5. The molecular weight excluding hydrogens is 298 g/mol. The van der Waals surface area contributed by atoms with E-state index in [0.29, 0.717) is 11.4 Å². The zero-order valence-electron chi connectivity index (χ0n) is 12.0. The van der Waals surface area contributed by atoms with Crippen molar-refractivity contribution < 1.29 is 8.42 Å². The minimum Gasteiger partial charge on any atom is -0.283 e. The molecule has 0 saturated heterocycles. The Labute approximate surface area is 130 Å². The lowest BCUT2D eigenvalue weighted by molar-refractivity contribution is 0.614. The Balaban J connectivity index is 1.96. The predicted molar refractivity (Wildman–Crippen MR) is 85.6 cm³/mol. The number of thiol groups is 1. The van der Waals surface area contributed by atoms with Crippen molar-refractivity contribution in [2.75, 3.05) is 0 Å². The second kappa shape index (κ2) is 6.11. The summed E-state index contributed by atoms with van der Waals surface area (Å²) in [5.74, 6) is 0.718. The van der Waals surface area contributed by atoms with Gasteiger partial charge in [-0.2, -0.15) is 0 Å². The molecule has 2 aromatic heterocycles. The fourth-order valence-electron chi connectivity index (χ4n) is 2.22. The van der Waals surface area contributed by atoms with Gasteiger partial charge in [-0.25, -0.2) is 18.4 Å². The molecule has 0 aliphatic heterocycles. The highest BCUT2D eigenvalue weighted by Crippen LogP contribution is 2.22. The smallest absolute Gasteiger partial charge is 0.144 e. The van der Waals surface area contributed by atoms with Crippen LogP contribution in [0.3, 0.4) is 0 Å². The van der Waals surface area contributed by atoms with Crippen molar-refractivity contribution in [2.24, 2.45) is 0 Å². The molecule has 1 aromatic carbocycles. The number of hydrogen-bond acceptors (Lipinski definition) is 4. The van der Waals surface area contributed by atoms with E-state index in [1.54, 1.807) is 30.9 Å². The molecule has 0 unspecified atom stereocenters. The number of hydrogen-bond donors (Lipinski definition) is 1. The highest BCUT2D eigenvalue weighted by molar-refractivity contribution is 7.71. The molecule has 0 amide bonds. The molecule has 6 heteroatoms. The maximum absolute atomic E-state index is 10.7. The van der Waals surface area contributed by atoms with Gasteiger partial charge in [0.15, 0.2) is 0 Å². The highest BCUT2D eigenvalue weighted by atomic mass is 32.2. The summed E-state index contributed by atoms with van der Waals surface area (Å²) < 4.78 is 23.4. The van der Waals surface area contributed by atoms with Crippen molar-refractivity contribution in [3.05, 3.63) is 66.2 Å². The number of imidazole rings is 1. The third kappa shape index (κ3) is 3.07. The van der Waals surface area contributed by atoms with Crippen LogP contribution in [0.5, 0.6) is 0 Å². The number of rotatable bonds is 4. The van der Waals surface area contributed by atoms with Crippen molar-refractivity contribution in [1.29, 1.82) is 0 Å². The Morgan fingerprint density at radius 1 is 1.05 bits per heavy atom. The molecule has 0 aliphatic carbocycles. The molecule has 0 saturated carbocycles. The molecule has 3 aromatic rings. The van der Waals surface area contributed by atoms with Crippen molar-refractivity contribution in [2.45, 2.75) is 12.7 Å². The number of aryl methyl sites for hydroxylation is 1. The second-order valence-electron chi connectivity index (χ2n) is 5.03. The van der Waals surface area contributed by atoms with E-state index in [4.69, 9.17) is 0 Å². The fraction of sp³-hybridized carbons (Fsp3) is 0.125.